The zero-order valence-corrected chi connectivity index (χ0v) is 15.1. The van der Waals surface area contributed by atoms with Crippen LogP contribution >= 0.6 is 0 Å². The van der Waals surface area contributed by atoms with Crippen LogP contribution < -0.4 is 4.74 Å². The van der Waals surface area contributed by atoms with E-state index in [2.05, 4.69) is 16.0 Å². The maximum absolute atomic E-state index is 12.8. The minimum absolute atomic E-state index is 0.0870. The van der Waals surface area contributed by atoms with E-state index < -0.39 is 0 Å². The molecule has 3 rings (SSSR count). The summed E-state index contributed by atoms with van der Waals surface area (Å²) in [7, 11) is 3.46. The van der Waals surface area contributed by atoms with Crippen molar-refractivity contribution in [2.24, 2.45) is 0 Å². The number of methoxy groups -OCH3 is 1. The fourth-order valence-corrected chi connectivity index (χ4v) is 3.24. The summed E-state index contributed by atoms with van der Waals surface area (Å²) in [6, 6.07) is 9.87. The number of likely N-dealkylation sites (tertiary alicyclic amines) is 1. The van der Waals surface area contributed by atoms with Gasteiger partial charge in [0.25, 0.3) is 0 Å². The van der Waals surface area contributed by atoms with Gasteiger partial charge >= 0.3 is 6.03 Å². The molecule has 1 amide bonds. The van der Waals surface area contributed by atoms with Crippen molar-refractivity contribution in [3.05, 3.63) is 36.8 Å². The summed E-state index contributed by atoms with van der Waals surface area (Å²) >= 11 is 0. The number of amides is 1. The van der Waals surface area contributed by atoms with Crippen LogP contribution in [0.15, 0.2) is 36.8 Å². The molecule has 2 aromatic rings. The van der Waals surface area contributed by atoms with Gasteiger partial charge in [0, 0.05) is 37.9 Å². The zero-order chi connectivity index (χ0) is 18.5. The minimum Gasteiger partial charge on any atom is -0.497 e. The van der Waals surface area contributed by atoms with E-state index in [1.807, 2.05) is 31.3 Å². The molecule has 0 bridgehead atoms. The van der Waals surface area contributed by atoms with Crippen LogP contribution in [0.25, 0.3) is 11.3 Å². The van der Waals surface area contributed by atoms with Gasteiger partial charge in [0.1, 0.15) is 12.1 Å². The number of nitriles is 1. The van der Waals surface area contributed by atoms with Gasteiger partial charge in [-0.15, -0.1) is 0 Å². The van der Waals surface area contributed by atoms with E-state index in [4.69, 9.17) is 10.00 Å². The second-order valence-electron chi connectivity index (χ2n) is 6.45. The number of aromatic nitrogens is 2. The third kappa shape index (κ3) is 3.86. The molecule has 1 saturated heterocycles. The van der Waals surface area contributed by atoms with Gasteiger partial charge in [-0.1, -0.05) is 0 Å². The minimum atomic E-state index is -0.0870. The Bertz CT molecular complexity index is 785. The predicted molar refractivity (Wildman–Crippen MR) is 97.8 cm³/mol. The topological polar surface area (TPSA) is 74.4 Å². The summed E-state index contributed by atoms with van der Waals surface area (Å²) in [6.45, 7) is 2.14. The SMILES string of the molecule is COc1ccc(-c2cn(C(=O)N(C)C3CCN(CC#N)CC3)cn2)cc1. The number of piperidine rings is 1. The predicted octanol–water partition coefficient (Wildman–Crippen LogP) is 2.45. The van der Waals surface area contributed by atoms with Crippen LogP contribution in [0.3, 0.4) is 0 Å². The normalized spacial score (nSPS) is 15.4. The molecule has 0 saturated carbocycles. The molecule has 1 fully saturated rings. The molecule has 0 aliphatic carbocycles. The van der Waals surface area contributed by atoms with Crippen LogP contribution in [0.2, 0.25) is 0 Å². The summed E-state index contributed by atoms with van der Waals surface area (Å²) in [6.07, 6.45) is 5.07. The molecule has 7 nitrogen and oxygen atoms in total. The van der Waals surface area contributed by atoms with E-state index in [-0.39, 0.29) is 12.1 Å². The molecule has 0 spiro atoms. The first kappa shape index (κ1) is 18.0. The van der Waals surface area contributed by atoms with Gasteiger partial charge in [-0.2, -0.15) is 5.26 Å². The monoisotopic (exact) mass is 353 g/mol. The number of carbonyl (C=O) groups is 1. The molecule has 1 aromatic carbocycles. The maximum Gasteiger partial charge on any atom is 0.329 e. The van der Waals surface area contributed by atoms with E-state index in [9.17, 15) is 4.79 Å². The smallest absolute Gasteiger partial charge is 0.329 e. The Morgan fingerprint density at radius 1 is 1.35 bits per heavy atom. The van der Waals surface area contributed by atoms with Crippen molar-refractivity contribution in [2.45, 2.75) is 18.9 Å². The van der Waals surface area contributed by atoms with Crippen LogP contribution in [0, 0.1) is 11.3 Å². The molecule has 0 N–H and O–H groups in total. The van der Waals surface area contributed by atoms with Gasteiger partial charge in [-0.05, 0) is 37.1 Å². The molecular weight excluding hydrogens is 330 g/mol. The number of ether oxygens (including phenoxy) is 1. The molecule has 7 heteroatoms. The van der Waals surface area contributed by atoms with E-state index in [1.165, 1.54) is 4.57 Å². The van der Waals surface area contributed by atoms with Crippen LogP contribution in [0.5, 0.6) is 5.75 Å². The first-order valence-corrected chi connectivity index (χ1v) is 8.67. The summed E-state index contributed by atoms with van der Waals surface area (Å²) in [5.74, 6) is 0.784. The maximum atomic E-state index is 12.8. The number of carbonyl (C=O) groups excluding carboxylic acids is 1. The largest absolute Gasteiger partial charge is 0.497 e. The van der Waals surface area contributed by atoms with Gasteiger partial charge in [-0.25, -0.2) is 9.78 Å². The summed E-state index contributed by atoms with van der Waals surface area (Å²) in [4.78, 5) is 21.0. The van der Waals surface area contributed by atoms with E-state index in [0.29, 0.717) is 6.54 Å². The molecule has 136 valence electrons. The molecule has 0 unspecified atom stereocenters. The number of imidazole rings is 1. The first-order valence-electron chi connectivity index (χ1n) is 8.67. The van der Waals surface area contributed by atoms with Crippen LogP contribution in [-0.4, -0.2) is 65.2 Å². The van der Waals surface area contributed by atoms with Crippen molar-refractivity contribution < 1.29 is 9.53 Å². The fourth-order valence-electron chi connectivity index (χ4n) is 3.24. The quantitative estimate of drug-likeness (QED) is 0.789. The van der Waals surface area contributed by atoms with Gasteiger partial charge in [0.2, 0.25) is 0 Å². The fraction of sp³-hybridized carbons (Fsp3) is 0.421. The lowest BCUT2D eigenvalue weighted by Gasteiger charge is -2.35. The standard InChI is InChI=1S/C19H23N5O2/c1-22(16-7-10-23(11-8-16)12-9-20)19(25)24-13-18(21-14-24)15-3-5-17(26-2)6-4-15/h3-6,13-14,16H,7-8,10-12H2,1-2H3. The third-order valence-corrected chi connectivity index (χ3v) is 4.89. The Labute approximate surface area is 153 Å². The van der Waals surface area contributed by atoms with Crippen LogP contribution in [-0.2, 0) is 0 Å². The highest BCUT2D eigenvalue weighted by molar-refractivity contribution is 5.78. The summed E-state index contributed by atoms with van der Waals surface area (Å²) < 4.78 is 6.69. The Hall–Kier alpha value is -2.85. The van der Waals surface area contributed by atoms with E-state index in [0.717, 1.165) is 42.9 Å². The van der Waals surface area contributed by atoms with Crippen molar-refractivity contribution in [3.8, 4) is 23.1 Å². The average molecular weight is 353 g/mol. The zero-order valence-electron chi connectivity index (χ0n) is 15.1. The second-order valence-corrected chi connectivity index (χ2v) is 6.45. The number of hydrogen-bond acceptors (Lipinski definition) is 5. The second kappa shape index (κ2) is 8.02. The number of hydrogen-bond donors (Lipinski definition) is 0. The molecule has 2 heterocycles. The number of rotatable bonds is 4. The van der Waals surface area contributed by atoms with E-state index >= 15 is 0 Å². The highest BCUT2D eigenvalue weighted by Crippen LogP contribution is 2.21. The van der Waals surface area contributed by atoms with Crippen molar-refractivity contribution >= 4 is 6.03 Å². The average Bonchev–Trinajstić information content (AvgIpc) is 3.18. The summed E-state index contributed by atoms with van der Waals surface area (Å²) in [5, 5.41) is 8.78. The lowest BCUT2D eigenvalue weighted by atomic mass is 10.0. The Morgan fingerprint density at radius 2 is 2.04 bits per heavy atom. The molecule has 0 atom stereocenters. The van der Waals surface area contributed by atoms with Crippen molar-refractivity contribution in [3.63, 3.8) is 0 Å². The van der Waals surface area contributed by atoms with Gasteiger partial charge in [-0.3, -0.25) is 9.47 Å². The molecule has 1 aliphatic heterocycles. The van der Waals surface area contributed by atoms with E-state index in [1.54, 1.807) is 24.5 Å². The molecule has 0 radical (unpaired) electrons. The van der Waals surface area contributed by atoms with Crippen LogP contribution in [0.4, 0.5) is 4.79 Å². The van der Waals surface area contributed by atoms with Gasteiger partial charge < -0.3 is 9.64 Å². The van der Waals surface area contributed by atoms with Gasteiger partial charge in [0.15, 0.2) is 0 Å². The Kier molecular flexibility index (Phi) is 5.54. The summed E-state index contributed by atoms with van der Waals surface area (Å²) in [5.41, 5.74) is 1.68. The number of benzene rings is 1. The molecule has 26 heavy (non-hydrogen) atoms. The lowest BCUT2D eigenvalue weighted by Crippen LogP contribution is -2.46. The third-order valence-electron chi connectivity index (χ3n) is 4.89. The Morgan fingerprint density at radius 3 is 2.65 bits per heavy atom. The highest BCUT2D eigenvalue weighted by atomic mass is 16.5. The van der Waals surface area contributed by atoms with Crippen molar-refractivity contribution in [1.29, 1.82) is 5.26 Å². The molecule has 1 aromatic heterocycles. The molecule has 1 aliphatic rings. The first-order chi connectivity index (χ1) is 12.6. The van der Waals surface area contributed by atoms with Crippen molar-refractivity contribution in [1.82, 2.24) is 19.4 Å². The molecular formula is C19H23N5O2. The Balaban J connectivity index is 1.65. The highest BCUT2D eigenvalue weighted by Gasteiger charge is 2.26. The number of nitrogens with zero attached hydrogens (tertiary/aromatic N) is 5. The van der Waals surface area contributed by atoms with Crippen LogP contribution in [0.1, 0.15) is 12.8 Å². The lowest BCUT2D eigenvalue weighted by molar-refractivity contribution is 0.143. The van der Waals surface area contributed by atoms with Crippen molar-refractivity contribution in [2.75, 3.05) is 33.8 Å². The van der Waals surface area contributed by atoms with Gasteiger partial charge in [0.05, 0.1) is 25.4 Å².